The summed E-state index contributed by atoms with van der Waals surface area (Å²) in [4.78, 5) is 0. The Morgan fingerprint density at radius 2 is 2.40 bits per heavy atom. The molecule has 58 valence electrons. The zero-order chi connectivity index (χ0) is 7.40. The monoisotopic (exact) mass is 181 g/mol. The second-order valence-corrected chi connectivity index (χ2v) is 2.85. The molecule has 0 unspecified atom stereocenters. The zero-order valence-electron chi connectivity index (χ0n) is 5.44. The van der Waals surface area contributed by atoms with Crippen molar-refractivity contribution in [1.29, 1.82) is 0 Å². The molecule has 0 aromatic heterocycles. The summed E-state index contributed by atoms with van der Waals surface area (Å²) in [7, 11) is 0. The Kier molecular flexibility index (Phi) is 3.49. The molecule has 1 rings (SSSR count). The molecule has 0 amide bonds. The molecular formula is C6H9Cl2NO. The van der Waals surface area contributed by atoms with Crippen LogP contribution in [0.5, 0.6) is 0 Å². The first-order chi connectivity index (χ1) is 4.83. The first kappa shape index (κ1) is 8.34. The van der Waals surface area contributed by atoms with Gasteiger partial charge < -0.3 is 10.1 Å². The van der Waals surface area contributed by atoms with Gasteiger partial charge in [-0.25, -0.2) is 0 Å². The molecule has 0 atom stereocenters. The molecule has 1 N–H and O–H groups in total. The van der Waals surface area contributed by atoms with Crippen molar-refractivity contribution in [2.24, 2.45) is 0 Å². The summed E-state index contributed by atoms with van der Waals surface area (Å²) < 4.78 is 5.28. The van der Waals surface area contributed by atoms with Crippen molar-refractivity contribution in [1.82, 2.24) is 5.32 Å². The molecular weight excluding hydrogens is 173 g/mol. The van der Waals surface area contributed by atoms with Gasteiger partial charge in [-0.3, -0.25) is 0 Å². The molecule has 1 saturated heterocycles. The van der Waals surface area contributed by atoms with Gasteiger partial charge in [0.05, 0.1) is 17.7 Å². The maximum Gasteiger partial charge on any atom is 0.0836 e. The van der Waals surface area contributed by atoms with E-state index in [4.69, 9.17) is 27.9 Å². The predicted octanol–water partition coefficient (Wildman–Crippen LogP) is 1.29. The Bertz CT molecular complexity index is 134. The standard InChI is InChI=1S/C6H9Cl2NO/c7-1-5(8)4-10-6-2-9-3-6/h1,6,9H,2-4H2/b5-1+. The molecule has 1 fully saturated rings. The number of hydrogen-bond acceptors (Lipinski definition) is 2. The fourth-order valence-corrected chi connectivity index (χ4v) is 0.735. The average Bonchev–Trinajstić information content (AvgIpc) is 1.84. The van der Waals surface area contributed by atoms with Crippen molar-refractivity contribution >= 4 is 23.2 Å². The number of halogens is 2. The fourth-order valence-electron chi connectivity index (χ4n) is 0.609. The Labute approximate surface area is 70.1 Å². The first-order valence-electron chi connectivity index (χ1n) is 3.10. The quantitative estimate of drug-likeness (QED) is 0.710. The minimum Gasteiger partial charge on any atom is -0.370 e. The van der Waals surface area contributed by atoms with Crippen LogP contribution in [0, 0.1) is 0 Å². The van der Waals surface area contributed by atoms with E-state index in [2.05, 4.69) is 5.32 Å². The highest BCUT2D eigenvalue weighted by atomic mass is 35.5. The highest BCUT2D eigenvalue weighted by molar-refractivity contribution is 6.36. The van der Waals surface area contributed by atoms with E-state index in [0.717, 1.165) is 13.1 Å². The van der Waals surface area contributed by atoms with E-state index in [9.17, 15) is 0 Å². The molecule has 1 heterocycles. The van der Waals surface area contributed by atoms with E-state index in [0.29, 0.717) is 17.7 Å². The van der Waals surface area contributed by atoms with Crippen LogP contribution in [-0.2, 0) is 4.74 Å². The molecule has 0 bridgehead atoms. The van der Waals surface area contributed by atoms with E-state index < -0.39 is 0 Å². The second-order valence-electron chi connectivity index (χ2n) is 2.15. The normalized spacial score (nSPS) is 20.8. The van der Waals surface area contributed by atoms with Gasteiger partial charge in [-0.1, -0.05) is 23.2 Å². The van der Waals surface area contributed by atoms with E-state index in [1.165, 1.54) is 5.54 Å². The predicted molar refractivity (Wildman–Crippen MR) is 42.4 cm³/mol. The van der Waals surface area contributed by atoms with Crippen LogP contribution in [0.1, 0.15) is 0 Å². The van der Waals surface area contributed by atoms with Crippen LogP contribution in [0.4, 0.5) is 0 Å². The minimum atomic E-state index is 0.324. The van der Waals surface area contributed by atoms with E-state index in [1.54, 1.807) is 0 Å². The summed E-state index contributed by atoms with van der Waals surface area (Å²) in [6.45, 7) is 2.27. The molecule has 2 nitrogen and oxygen atoms in total. The maximum atomic E-state index is 5.57. The summed E-state index contributed by atoms with van der Waals surface area (Å²) >= 11 is 10.9. The molecule has 0 aromatic rings. The van der Waals surface area contributed by atoms with Crippen LogP contribution < -0.4 is 5.32 Å². The lowest BCUT2D eigenvalue weighted by Crippen LogP contribution is -2.48. The minimum absolute atomic E-state index is 0.324. The zero-order valence-corrected chi connectivity index (χ0v) is 6.95. The van der Waals surface area contributed by atoms with Gasteiger partial charge in [-0.15, -0.1) is 0 Å². The van der Waals surface area contributed by atoms with Gasteiger partial charge in [0.25, 0.3) is 0 Å². The highest BCUT2D eigenvalue weighted by Crippen LogP contribution is 2.06. The summed E-state index contributed by atoms with van der Waals surface area (Å²) in [6, 6.07) is 0. The lowest BCUT2D eigenvalue weighted by molar-refractivity contribution is 0.0350. The molecule has 1 aliphatic heterocycles. The molecule has 0 radical (unpaired) electrons. The Morgan fingerprint density at radius 1 is 1.70 bits per heavy atom. The number of hydrogen-bond donors (Lipinski definition) is 1. The summed E-state index contributed by atoms with van der Waals surface area (Å²) in [5.74, 6) is 0. The number of ether oxygens (including phenoxy) is 1. The molecule has 4 heteroatoms. The summed E-state index contributed by atoms with van der Waals surface area (Å²) in [5.41, 5.74) is 1.33. The molecule has 0 saturated carbocycles. The lowest BCUT2D eigenvalue weighted by Gasteiger charge is -2.26. The van der Waals surface area contributed by atoms with Gasteiger partial charge in [0, 0.05) is 18.6 Å². The van der Waals surface area contributed by atoms with Gasteiger partial charge in [-0.05, 0) is 0 Å². The van der Waals surface area contributed by atoms with E-state index in [1.807, 2.05) is 0 Å². The molecule has 10 heavy (non-hydrogen) atoms. The van der Waals surface area contributed by atoms with Crippen molar-refractivity contribution in [3.05, 3.63) is 10.6 Å². The largest absolute Gasteiger partial charge is 0.370 e. The van der Waals surface area contributed by atoms with Crippen LogP contribution in [0.2, 0.25) is 0 Å². The Morgan fingerprint density at radius 3 is 2.80 bits per heavy atom. The van der Waals surface area contributed by atoms with Crippen molar-refractivity contribution in [3.8, 4) is 0 Å². The first-order valence-corrected chi connectivity index (χ1v) is 3.91. The van der Waals surface area contributed by atoms with Crippen molar-refractivity contribution < 1.29 is 4.74 Å². The third-order valence-corrected chi connectivity index (χ3v) is 1.91. The smallest absolute Gasteiger partial charge is 0.0836 e. The van der Waals surface area contributed by atoms with Crippen LogP contribution in [0.15, 0.2) is 10.6 Å². The van der Waals surface area contributed by atoms with Crippen molar-refractivity contribution in [2.45, 2.75) is 6.10 Å². The van der Waals surface area contributed by atoms with Crippen LogP contribution in [-0.4, -0.2) is 25.8 Å². The van der Waals surface area contributed by atoms with Gasteiger partial charge in [-0.2, -0.15) is 0 Å². The summed E-state index contributed by atoms with van der Waals surface area (Å²) in [5, 5.41) is 3.63. The third-order valence-electron chi connectivity index (χ3n) is 1.32. The van der Waals surface area contributed by atoms with Gasteiger partial charge >= 0.3 is 0 Å². The number of nitrogens with one attached hydrogen (secondary N) is 1. The molecule has 0 spiro atoms. The highest BCUT2D eigenvalue weighted by Gasteiger charge is 2.16. The van der Waals surface area contributed by atoms with Crippen LogP contribution in [0.3, 0.4) is 0 Å². The van der Waals surface area contributed by atoms with Crippen molar-refractivity contribution in [2.75, 3.05) is 19.7 Å². The van der Waals surface area contributed by atoms with E-state index in [-0.39, 0.29) is 0 Å². The van der Waals surface area contributed by atoms with Gasteiger partial charge in [0.1, 0.15) is 0 Å². The third kappa shape index (κ3) is 2.46. The Balaban J connectivity index is 2.04. The topological polar surface area (TPSA) is 21.3 Å². The average molecular weight is 182 g/mol. The second kappa shape index (κ2) is 4.19. The lowest BCUT2D eigenvalue weighted by atomic mass is 10.2. The van der Waals surface area contributed by atoms with Crippen LogP contribution >= 0.6 is 23.2 Å². The maximum absolute atomic E-state index is 5.57. The van der Waals surface area contributed by atoms with Crippen LogP contribution in [0.25, 0.3) is 0 Å². The van der Waals surface area contributed by atoms with E-state index >= 15 is 0 Å². The summed E-state index contributed by atoms with van der Waals surface area (Å²) in [6.07, 6.45) is 0.324. The Hall–Kier alpha value is 0.240. The van der Waals surface area contributed by atoms with Gasteiger partial charge in [0.2, 0.25) is 0 Å². The molecule has 1 aliphatic rings. The van der Waals surface area contributed by atoms with Crippen molar-refractivity contribution in [3.63, 3.8) is 0 Å². The fraction of sp³-hybridized carbons (Fsp3) is 0.667. The number of rotatable bonds is 3. The van der Waals surface area contributed by atoms with Gasteiger partial charge in [0.15, 0.2) is 0 Å². The molecule has 0 aliphatic carbocycles. The SMILES string of the molecule is Cl/C=C(/Cl)COC1CNC1. The molecule has 0 aromatic carbocycles.